The van der Waals surface area contributed by atoms with Gasteiger partial charge in [0.1, 0.15) is 24.5 Å². The lowest BCUT2D eigenvalue weighted by atomic mass is 10.1. The Balaban J connectivity index is 1.30. The summed E-state index contributed by atoms with van der Waals surface area (Å²) in [5.74, 6) is 0.680. The number of likely N-dealkylation sites (tertiary alicyclic amines) is 1. The number of carbonyl (C=O) groups is 3. The van der Waals surface area contributed by atoms with Gasteiger partial charge in [-0.2, -0.15) is 0 Å². The van der Waals surface area contributed by atoms with Crippen LogP contribution >= 0.6 is 0 Å². The normalized spacial score (nSPS) is 24.0. The predicted molar refractivity (Wildman–Crippen MR) is 107 cm³/mol. The lowest BCUT2D eigenvalue weighted by molar-refractivity contribution is -0.138. The van der Waals surface area contributed by atoms with Crippen molar-refractivity contribution in [2.24, 2.45) is 5.92 Å². The number of nitrogens with zero attached hydrogens (tertiary/aromatic N) is 2. The highest BCUT2D eigenvalue weighted by molar-refractivity contribution is 5.99. The molecule has 0 radical (unpaired) electrons. The molecule has 156 valence electrons. The third-order valence-corrected chi connectivity index (χ3v) is 6.18. The first-order valence-electron chi connectivity index (χ1n) is 10.5. The second-order valence-corrected chi connectivity index (χ2v) is 8.30. The van der Waals surface area contributed by atoms with Crippen LogP contribution in [0.25, 0.3) is 11.4 Å². The van der Waals surface area contributed by atoms with E-state index < -0.39 is 12.1 Å². The number of fused-ring (bicyclic) bond motifs is 1. The van der Waals surface area contributed by atoms with Crippen LogP contribution in [0.1, 0.15) is 36.0 Å². The van der Waals surface area contributed by atoms with Gasteiger partial charge in [-0.25, -0.2) is 4.98 Å². The maximum Gasteiger partial charge on any atom is 0.251 e. The minimum Gasteiger partial charge on any atom is -0.368 e. The van der Waals surface area contributed by atoms with Gasteiger partial charge in [0.25, 0.3) is 5.91 Å². The van der Waals surface area contributed by atoms with Crippen molar-refractivity contribution in [2.75, 3.05) is 13.2 Å². The topological polar surface area (TPSA) is 104 Å². The highest BCUT2D eigenvalue weighted by Gasteiger charge is 2.48. The molecule has 1 aromatic carbocycles. The van der Waals surface area contributed by atoms with E-state index in [4.69, 9.17) is 4.74 Å². The molecule has 8 heteroatoms. The van der Waals surface area contributed by atoms with E-state index in [0.29, 0.717) is 30.9 Å². The number of benzene rings is 1. The molecule has 0 bridgehead atoms. The fourth-order valence-electron chi connectivity index (χ4n) is 4.39. The Morgan fingerprint density at radius 2 is 2.03 bits per heavy atom. The second-order valence-electron chi connectivity index (χ2n) is 8.30. The zero-order valence-electron chi connectivity index (χ0n) is 16.5. The van der Waals surface area contributed by atoms with Crippen LogP contribution in [0.2, 0.25) is 0 Å². The summed E-state index contributed by atoms with van der Waals surface area (Å²) >= 11 is 0. The standard InChI is InChI=1S/C22H24N4O4/c27-17-12-30-18-7-10-26(19(17)18)22(29)16(11-13-1-2-13)25-21(28)15-5-3-14(4-6-15)20-23-8-9-24-20/h3-6,8-9,13,16,18-19H,1-2,7,10-12H2,(H,23,24)(H,25,28). The number of hydrogen-bond donors (Lipinski definition) is 2. The maximum absolute atomic E-state index is 13.3. The van der Waals surface area contributed by atoms with Crippen molar-refractivity contribution in [1.82, 2.24) is 20.2 Å². The van der Waals surface area contributed by atoms with Crippen molar-refractivity contribution < 1.29 is 19.1 Å². The van der Waals surface area contributed by atoms with Crippen molar-refractivity contribution in [3.8, 4) is 11.4 Å². The van der Waals surface area contributed by atoms with Gasteiger partial charge in [-0.05, 0) is 30.9 Å². The van der Waals surface area contributed by atoms with Crippen molar-refractivity contribution in [2.45, 2.75) is 43.9 Å². The number of ether oxygens (including phenoxy) is 1. The van der Waals surface area contributed by atoms with Crippen LogP contribution in [-0.2, 0) is 14.3 Å². The molecule has 3 unspecified atom stereocenters. The third-order valence-electron chi connectivity index (χ3n) is 6.18. The van der Waals surface area contributed by atoms with Crippen LogP contribution in [0, 0.1) is 5.92 Å². The van der Waals surface area contributed by atoms with Gasteiger partial charge in [0.15, 0.2) is 5.78 Å². The Labute approximate surface area is 174 Å². The molecule has 30 heavy (non-hydrogen) atoms. The zero-order valence-corrected chi connectivity index (χ0v) is 16.5. The molecule has 2 aliphatic heterocycles. The summed E-state index contributed by atoms with van der Waals surface area (Å²) in [5, 5.41) is 2.92. The Bertz CT molecular complexity index is 952. The Kier molecular flexibility index (Phi) is 4.86. The zero-order chi connectivity index (χ0) is 20.7. The predicted octanol–water partition coefficient (Wildman–Crippen LogP) is 1.54. The molecule has 2 aromatic rings. The van der Waals surface area contributed by atoms with Crippen molar-refractivity contribution >= 4 is 17.6 Å². The first kappa shape index (κ1) is 19.0. The monoisotopic (exact) mass is 408 g/mol. The van der Waals surface area contributed by atoms with Gasteiger partial charge in [0.05, 0.1) is 6.10 Å². The maximum atomic E-state index is 13.3. The summed E-state index contributed by atoms with van der Waals surface area (Å²) in [6, 6.07) is 5.99. The van der Waals surface area contributed by atoms with Crippen LogP contribution in [0.3, 0.4) is 0 Å². The van der Waals surface area contributed by atoms with E-state index in [0.717, 1.165) is 24.2 Å². The van der Waals surface area contributed by atoms with Gasteiger partial charge < -0.3 is 19.9 Å². The molecule has 3 heterocycles. The van der Waals surface area contributed by atoms with E-state index in [-0.39, 0.29) is 30.3 Å². The van der Waals surface area contributed by atoms with Gasteiger partial charge >= 0.3 is 0 Å². The van der Waals surface area contributed by atoms with E-state index in [2.05, 4.69) is 15.3 Å². The molecular formula is C22H24N4O4. The second kappa shape index (κ2) is 7.68. The first-order valence-corrected chi connectivity index (χ1v) is 10.5. The number of amides is 2. The Hall–Kier alpha value is -3.00. The largest absolute Gasteiger partial charge is 0.368 e. The molecule has 1 aliphatic carbocycles. The van der Waals surface area contributed by atoms with Crippen molar-refractivity contribution in [3.63, 3.8) is 0 Å². The minimum absolute atomic E-state index is 0.0455. The fraction of sp³-hybridized carbons (Fsp3) is 0.455. The summed E-state index contributed by atoms with van der Waals surface area (Å²) in [4.78, 5) is 47.2. The van der Waals surface area contributed by atoms with Crippen LogP contribution in [0.5, 0.6) is 0 Å². The Morgan fingerprint density at radius 1 is 1.23 bits per heavy atom. The Morgan fingerprint density at radius 3 is 2.73 bits per heavy atom. The molecule has 8 nitrogen and oxygen atoms in total. The number of carbonyl (C=O) groups excluding carboxylic acids is 3. The smallest absolute Gasteiger partial charge is 0.251 e. The van der Waals surface area contributed by atoms with Gasteiger partial charge in [-0.3, -0.25) is 14.4 Å². The van der Waals surface area contributed by atoms with Crippen LogP contribution in [0.15, 0.2) is 36.7 Å². The SMILES string of the molecule is O=C(NC(CC1CC1)C(=O)N1CCC2OCC(=O)C21)c1ccc(-c2ncc[nH]2)cc1. The average molecular weight is 408 g/mol. The summed E-state index contributed by atoms with van der Waals surface area (Å²) in [7, 11) is 0. The first-order chi connectivity index (χ1) is 14.6. The van der Waals surface area contributed by atoms with Crippen LogP contribution < -0.4 is 5.32 Å². The van der Waals surface area contributed by atoms with E-state index >= 15 is 0 Å². The number of aromatic amines is 1. The molecule has 0 spiro atoms. The summed E-state index contributed by atoms with van der Waals surface area (Å²) < 4.78 is 5.50. The molecule has 5 rings (SSSR count). The van der Waals surface area contributed by atoms with Crippen molar-refractivity contribution in [3.05, 3.63) is 42.2 Å². The van der Waals surface area contributed by atoms with Gasteiger partial charge in [0, 0.05) is 30.1 Å². The highest BCUT2D eigenvalue weighted by Crippen LogP contribution is 2.35. The minimum atomic E-state index is -0.623. The summed E-state index contributed by atoms with van der Waals surface area (Å²) in [6.07, 6.45) is 6.64. The number of nitrogens with one attached hydrogen (secondary N) is 2. The molecule has 1 aromatic heterocycles. The quantitative estimate of drug-likeness (QED) is 0.755. The number of H-pyrrole nitrogens is 1. The van der Waals surface area contributed by atoms with Crippen LogP contribution in [0.4, 0.5) is 0 Å². The molecular weight excluding hydrogens is 384 g/mol. The van der Waals surface area contributed by atoms with E-state index in [1.807, 2.05) is 12.1 Å². The number of aromatic nitrogens is 2. The molecule has 2 amide bonds. The third kappa shape index (κ3) is 3.63. The number of hydrogen-bond acceptors (Lipinski definition) is 5. The molecule has 3 aliphatic rings. The fourth-order valence-corrected chi connectivity index (χ4v) is 4.39. The van der Waals surface area contributed by atoms with Gasteiger partial charge in [-0.1, -0.05) is 25.0 Å². The number of imidazole rings is 1. The lowest BCUT2D eigenvalue weighted by Gasteiger charge is -2.27. The van der Waals surface area contributed by atoms with Crippen LogP contribution in [-0.4, -0.2) is 63.8 Å². The molecule has 2 N–H and O–H groups in total. The lowest BCUT2D eigenvalue weighted by Crippen LogP contribution is -2.52. The molecule has 3 atom stereocenters. The van der Waals surface area contributed by atoms with Gasteiger partial charge in [0.2, 0.25) is 5.91 Å². The number of ketones is 1. The van der Waals surface area contributed by atoms with E-state index in [9.17, 15) is 14.4 Å². The van der Waals surface area contributed by atoms with Crippen molar-refractivity contribution in [1.29, 1.82) is 0 Å². The average Bonchev–Trinajstić information content (AvgIpc) is 3.13. The highest BCUT2D eigenvalue weighted by atomic mass is 16.5. The van der Waals surface area contributed by atoms with E-state index in [1.165, 1.54) is 0 Å². The summed E-state index contributed by atoms with van der Waals surface area (Å²) in [6.45, 7) is 0.565. The molecule has 2 saturated heterocycles. The number of Topliss-reactive ketones (excluding diaryl/α,β-unsaturated/α-hetero) is 1. The molecule has 3 fully saturated rings. The van der Waals surface area contributed by atoms with Gasteiger partial charge in [-0.15, -0.1) is 0 Å². The molecule has 1 saturated carbocycles. The van der Waals surface area contributed by atoms with E-state index in [1.54, 1.807) is 29.4 Å². The number of rotatable bonds is 6. The summed E-state index contributed by atoms with van der Waals surface area (Å²) in [5.41, 5.74) is 1.36.